The van der Waals surface area contributed by atoms with Crippen molar-refractivity contribution < 1.29 is 29.4 Å². The second kappa shape index (κ2) is 12.5. The molecule has 0 radical (unpaired) electrons. The van der Waals surface area contributed by atoms with Crippen LogP contribution in [0.25, 0.3) is 0 Å². The van der Waals surface area contributed by atoms with Gasteiger partial charge >= 0.3 is 5.97 Å². The number of hydrogen-bond donors (Lipinski definition) is 5. The van der Waals surface area contributed by atoms with Crippen LogP contribution in [-0.2, 0) is 25.6 Å². The third-order valence-electron chi connectivity index (χ3n) is 6.62. The lowest BCUT2D eigenvalue weighted by Crippen LogP contribution is -2.59. The molecule has 3 amide bonds. The summed E-state index contributed by atoms with van der Waals surface area (Å²) in [5.74, 6) is -2.90. The number of likely N-dealkylation sites (tertiary alicyclic amines) is 1. The number of carboxylic acid groups (broad SMARTS) is 1. The fourth-order valence-corrected chi connectivity index (χ4v) is 4.09. The zero-order valence-corrected chi connectivity index (χ0v) is 20.9. The third-order valence-corrected chi connectivity index (χ3v) is 6.62. The quantitative estimate of drug-likeness (QED) is 0.309. The molecule has 1 aliphatic heterocycles. The molecule has 5 atom stereocenters. The Morgan fingerprint density at radius 2 is 1.71 bits per heavy atom. The minimum Gasteiger partial charge on any atom is -0.508 e. The summed E-state index contributed by atoms with van der Waals surface area (Å²) in [5.41, 5.74) is 6.76. The molecule has 0 spiro atoms. The monoisotopic (exact) mass is 490 g/mol. The summed E-state index contributed by atoms with van der Waals surface area (Å²) in [6.45, 7) is 7.61. The maximum absolute atomic E-state index is 13.4. The summed E-state index contributed by atoms with van der Waals surface area (Å²) in [6, 6.07) is 2.55. The molecule has 0 bridgehead atoms. The number of nitrogens with one attached hydrogen (secondary N) is 2. The molecule has 35 heavy (non-hydrogen) atoms. The Balaban J connectivity index is 2.24. The molecular formula is C25H38N4O6. The first-order valence-electron chi connectivity index (χ1n) is 12.1. The number of amides is 3. The highest BCUT2D eigenvalue weighted by molar-refractivity contribution is 5.94. The zero-order chi connectivity index (χ0) is 26.3. The van der Waals surface area contributed by atoms with Crippen molar-refractivity contribution in [3.8, 4) is 5.75 Å². The van der Waals surface area contributed by atoms with Gasteiger partial charge in [0.15, 0.2) is 0 Å². The van der Waals surface area contributed by atoms with Gasteiger partial charge in [0.2, 0.25) is 17.7 Å². The van der Waals surface area contributed by atoms with Crippen LogP contribution in [0, 0.1) is 11.8 Å². The van der Waals surface area contributed by atoms with Crippen LogP contribution in [0.3, 0.4) is 0 Å². The van der Waals surface area contributed by atoms with Crippen LogP contribution in [-0.4, -0.2) is 69.5 Å². The van der Waals surface area contributed by atoms with E-state index in [4.69, 9.17) is 5.73 Å². The van der Waals surface area contributed by atoms with E-state index >= 15 is 0 Å². The van der Waals surface area contributed by atoms with Gasteiger partial charge in [-0.05, 0) is 42.4 Å². The lowest BCUT2D eigenvalue weighted by Gasteiger charge is -2.31. The second-order valence-corrected chi connectivity index (χ2v) is 9.60. The van der Waals surface area contributed by atoms with Crippen molar-refractivity contribution in [3.63, 3.8) is 0 Å². The lowest BCUT2D eigenvalue weighted by atomic mass is 9.97. The molecule has 1 heterocycles. The molecule has 0 aliphatic carbocycles. The van der Waals surface area contributed by atoms with E-state index in [2.05, 4.69) is 10.6 Å². The predicted octanol–water partition coefficient (Wildman–Crippen LogP) is 1.01. The van der Waals surface area contributed by atoms with Gasteiger partial charge in [-0.25, -0.2) is 4.79 Å². The molecule has 0 aromatic heterocycles. The number of benzene rings is 1. The molecule has 1 fully saturated rings. The number of nitrogens with zero attached hydrogens (tertiary/aromatic N) is 1. The van der Waals surface area contributed by atoms with Gasteiger partial charge in [0.25, 0.3) is 0 Å². The highest BCUT2D eigenvalue weighted by atomic mass is 16.4. The van der Waals surface area contributed by atoms with Crippen molar-refractivity contribution >= 4 is 23.7 Å². The molecule has 10 heteroatoms. The Kier molecular flexibility index (Phi) is 10.1. The standard InChI is InChI=1S/C25H38N4O6/c1-5-15(4)20(26)23(32)27-18(13-16-8-10-17(30)11-9-16)22(31)28-21(14(2)3)24(33)29-12-6-7-19(29)25(34)35/h8-11,14-15,18-21,30H,5-7,12-13,26H2,1-4H3,(H,27,32)(H,28,31)(H,34,35). The van der Waals surface area contributed by atoms with Crippen molar-refractivity contribution in [3.05, 3.63) is 29.8 Å². The van der Waals surface area contributed by atoms with Gasteiger partial charge in [-0.15, -0.1) is 0 Å². The fourth-order valence-electron chi connectivity index (χ4n) is 4.09. The molecule has 1 aliphatic rings. The molecule has 194 valence electrons. The number of phenolic OH excluding ortho intramolecular Hbond substituents is 1. The van der Waals surface area contributed by atoms with Gasteiger partial charge in [-0.3, -0.25) is 14.4 Å². The first-order chi connectivity index (χ1) is 16.5. The van der Waals surface area contributed by atoms with Gasteiger partial charge in [0, 0.05) is 13.0 Å². The summed E-state index contributed by atoms with van der Waals surface area (Å²) in [6.07, 6.45) is 1.75. The second-order valence-electron chi connectivity index (χ2n) is 9.60. The smallest absolute Gasteiger partial charge is 0.326 e. The molecular weight excluding hydrogens is 452 g/mol. The number of carbonyl (C=O) groups is 4. The molecule has 10 nitrogen and oxygen atoms in total. The number of aliphatic carboxylic acids is 1. The van der Waals surface area contributed by atoms with Crippen LogP contribution in [0.2, 0.25) is 0 Å². The summed E-state index contributed by atoms with van der Waals surface area (Å²) >= 11 is 0. The number of aromatic hydroxyl groups is 1. The summed E-state index contributed by atoms with van der Waals surface area (Å²) < 4.78 is 0. The Hall–Kier alpha value is -3.14. The van der Waals surface area contributed by atoms with E-state index in [1.807, 2.05) is 13.8 Å². The Bertz CT molecular complexity index is 904. The number of hydrogen-bond acceptors (Lipinski definition) is 6. The van der Waals surface area contributed by atoms with Crippen LogP contribution >= 0.6 is 0 Å². The maximum Gasteiger partial charge on any atom is 0.326 e. The summed E-state index contributed by atoms with van der Waals surface area (Å²) in [4.78, 5) is 52.3. The van der Waals surface area contributed by atoms with Crippen LogP contribution in [0.4, 0.5) is 0 Å². The predicted molar refractivity (Wildman–Crippen MR) is 130 cm³/mol. The number of carbonyl (C=O) groups excluding carboxylic acids is 3. The fraction of sp³-hybridized carbons (Fsp3) is 0.600. The molecule has 1 aromatic carbocycles. The van der Waals surface area contributed by atoms with Crippen molar-refractivity contribution in [1.82, 2.24) is 15.5 Å². The van der Waals surface area contributed by atoms with Gasteiger partial charge < -0.3 is 31.5 Å². The number of carboxylic acids is 1. The van der Waals surface area contributed by atoms with Crippen molar-refractivity contribution in [1.29, 1.82) is 0 Å². The van der Waals surface area contributed by atoms with E-state index in [9.17, 15) is 29.4 Å². The van der Waals surface area contributed by atoms with Crippen LogP contribution in [0.5, 0.6) is 5.75 Å². The average molecular weight is 491 g/mol. The molecule has 1 saturated heterocycles. The van der Waals surface area contributed by atoms with E-state index in [0.717, 1.165) is 0 Å². The molecule has 5 unspecified atom stereocenters. The normalized spacial score (nSPS) is 19.0. The van der Waals surface area contributed by atoms with Gasteiger partial charge in [0.1, 0.15) is 23.9 Å². The van der Waals surface area contributed by atoms with E-state index in [-0.39, 0.29) is 24.0 Å². The molecule has 0 saturated carbocycles. The van der Waals surface area contributed by atoms with Crippen molar-refractivity contribution in [2.75, 3.05) is 6.54 Å². The first-order valence-corrected chi connectivity index (χ1v) is 12.1. The van der Waals surface area contributed by atoms with Gasteiger partial charge in [0.05, 0.1) is 6.04 Å². The molecule has 2 rings (SSSR count). The number of nitrogens with two attached hydrogens (primary N) is 1. The van der Waals surface area contributed by atoms with E-state index in [1.165, 1.54) is 17.0 Å². The minimum absolute atomic E-state index is 0.0710. The van der Waals surface area contributed by atoms with Gasteiger partial charge in [-0.2, -0.15) is 0 Å². The first kappa shape index (κ1) is 28.1. The number of phenols is 1. The van der Waals surface area contributed by atoms with E-state index in [0.29, 0.717) is 31.4 Å². The Labute approximate surface area is 206 Å². The SMILES string of the molecule is CCC(C)C(N)C(=O)NC(Cc1ccc(O)cc1)C(=O)NC(C(=O)N1CCCC1C(=O)O)C(C)C. The van der Waals surface area contributed by atoms with Crippen LogP contribution in [0.1, 0.15) is 52.5 Å². The van der Waals surface area contributed by atoms with Crippen molar-refractivity contribution in [2.24, 2.45) is 17.6 Å². The van der Waals surface area contributed by atoms with Crippen LogP contribution in [0.15, 0.2) is 24.3 Å². The van der Waals surface area contributed by atoms with Gasteiger partial charge in [-0.1, -0.05) is 46.2 Å². The highest BCUT2D eigenvalue weighted by Gasteiger charge is 2.39. The summed E-state index contributed by atoms with van der Waals surface area (Å²) in [7, 11) is 0. The minimum atomic E-state index is -1.07. The largest absolute Gasteiger partial charge is 0.508 e. The number of rotatable bonds is 11. The third kappa shape index (κ3) is 7.42. The van der Waals surface area contributed by atoms with E-state index < -0.39 is 47.9 Å². The average Bonchev–Trinajstić information content (AvgIpc) is 3.32. The molecule has 1 aromatic rings. The highest BCUT2D eigenvalue weighted by Crippen LogP contribution is 2.21. The Morgan fingerprint density at radius 3 is 2.26 bits per heavy atom. The van der Waals surface area contributed by atoms with E-state index in [1.54, 1.807) is 26.0 Å². The Morgan fingerprint density at radius 1 is 1.09 bits per heavy atom. The maximum atomic E-state index is 13.4. The summed E-state index contributed by atoms with van der Waals surface area (Å²) in [5, 5.41) is 24.5. The topological polar surface area (TPSA) is 162 Å². The molecule has 6 N–H and O–H groups in total. The van der Waals surface area contributed by atoms with Crippen LogP contribution < -0.4 is 16.4 Å². The lowest BCUT2D eigenvalue weighted by molar-refractivity contribution is -0.150. The van der Waals surface area contributed by atoms with Crippen molar-refractivity contribution in [2.45, 2.75) is 77.5 Å². The zero-order valence-electron chi connectivity index (χ0n) is 20.9.